The summed E-state index contributed by atoms with van der Waals surface area (Å²) < 4.78 is 116. The van der Waals surface area contributed by atoms with Crippen molar-refractivity contribution in [3.8, 4) is 33.8 Å². The van der Waals surface area contributed by atoms with Crippen LogP contribution in [0.5, 0.6) is 11.5 Å². The number of likely N-dealkylation sites (tertiary alicyclic amines) is 1. The Balaban J connectivity index is 0.741. The van der Waals surface area contributed by atoms with E-state index in [1.807, 2.05) is 54.3 Å². The number of halogens is 2. The number of hydrogen-bond acceptors (Lipinski definition) is 20. The van der Waals surface area contributed by atoms with Gasteiger partial charge in [0.2, 0.25) is 11.0 Å². The number of pyridine rings is 1. The average molecular weight is 1260 g/mol. The first kappa shape index (κ1) is 70.2. The Bertz CT molecular complexity index is 2770. The lowest BCUT2D eigenvalue weighted by Gasteiger charge is -2.32. The van der Waals surface area contributed by atoms with Crippen molar-refractivity contribution in [1.29, 1.82) is 0 Å². The third-order valence-electron chi connectivity index (χ3n) is 13.4. The molecule has 3 aromatic carbocycles. The first-order valence-electron chi connectivity index (χ1n) is 29.3. The minimum Gasteiger partial charge on any atom is -0.455 e. The first-order valence-corrected chi connectivity index (χ1v) is 32.1. The number of carbonyl (C=O) groups is 1. The number of nitrogens with one attached hydrogen (secondary N) is 1. The molecule has 1 amide bonds. The van der Waals surface area contributed by atoms with Crippen LogP contribution in [0.3, 0.4) is 0 Å². The van der Waals surface area contributed by atoms with Gasteiger partial charge in [0, 0.05) is 43.7 Å². The number of aromatic nitrogens is 3. The molecule has 1 saturated heterocycles. The van der Waals surface area contributed by atoms with Gasteiger partial charge in [-0.05, 0) is 85.5 Å². The van der Waals surface area contributed by atoms with Crippen LogP contribution in [-0.2, 0) is 78.1 Å². The summed E-state index contributed by atoms with van der Waals surface area (Å²) in [6.07, 6.45) is 7.88. The molecular formula is C61H85ClFN5O16S2. The van der Waals surface area contributed by atoms with E-state index in [-0.39, 0.29) is 21.8 Å². The maximum Gasteiger partial charge on any atom is 0.266 e. The van der Waals surface area contributed by atoms with E-state index in [2.05, 4.69) is 21.0 Å². The van der Waals surface area contributed by atoms with Crippen molar-refractivity contribution < 1.29 is 79.2 Å². The molecule has 0 spiro atoms. The summed E-state index contributed by atoms with van der Waals surface area (Å²) in [5.41, 5.74) is 6.91. The SMILES string of the molecule is COCCOCCOCCOCCOCCOCCOCCOCCOCCOCCOCCOCCC(=O)N1CCC(CCCCc2cc(-c3cc(-c4cccc(C)c4)ccc3Oc3cc(F)c(S(=O)(=O)Nc4nncs4)cc3Cl)ccn2)CC1. The number of rotatable bonds is 48. The molecule has 5 aromatic rings. The lowest BCUT2D eigenvalue weighted by Crippen LogP contribution is -2.38. The number of sulfonamides is 1. The van der Waals surface area contributed by atoms with Gasteiger partial charge in [0.25, 0.3) is 10.0 Å². The Kier molecular flexibility index (Phi) is 34.4. The number of hydrogen-bond donors (Lipinski definition) is 1. The van der Waals surface area contributed by atoms with Crippen LogP contribution in [0.1, 0.15) is 49.8 Å². The van der Waals surface area contributed by atoms with Crippen molar-refractivity contribution in [3.63, 3.8) is 0 Å². The van der Waals surface area contributed by atoms with E-state index in [0.717, 1.165) is 109 Å². The van der Waals surface area contributed by atoms with E-state index in [1.54, 1.807) is 19.4 Å². The highest BCUT2D eigenvalue weighted by Gasteiger charge is 2.25. The molecule has 0 radical (unpaired) electrons. The van der Waals surface area contributed by atoms with Gasteiger partial charge in [-0.25, -0.2) is 12.8 Å². The Morgan fingerprint density at radius 2 is 1.17 bits per heavy atom. The summed E-state index contributed by atoms with van der Waals surface area (Å²) in [6.45, 7) is 14.6. The van der Waals surface area contributed by atoms with E-state index >= 15 is 4.39 Å². The standard InChI is InChI=1S/C61H85ClFN5O16S2/c1-48-6-5-8-50(42-48)51-10-11-57(84-58-46-56(63)59(45-55(58)62)86(70,71)67-61-66-65-47-85-61)54(44-51)52-12-16-64-53(43-52)9-4-3-7-49-13-17-68(18-14-49)60(69)15-19-73-22-23-75-26-27-77-30-31-79-34-35-81-38-39-83-41-40-82-37-36-80-33-32-78-29-28-76-25-24-74-21-20-72-2/h5-6,8,10-12,16,42-47,49H,3-4,7,9,13-15,17-41H2,1-2H3,(H,66,67). The largest absolute Gasteiger partial charge is 0.455 e. The number of aryl methyl sites for hydroxylation is 2. The van der Waals surface area contributed by atoms with Crippen molar-refractivity contribution in [3.05, 3.63) is 101 Å². The summed E-state index contributed by atoms with van der Waals surface area (Å²) in [5.74, 6) is -0.0359. The number of anilines is 1. The molecule has 21 nitrogen and oxygen atoms in total. The molecule has 1 aliphatic rings. The van der Waals surface area contributed by atoms with Crippen LogP contribution < -0.4 is 9.46 Å². The van der Waals surface area contributed by atoms with Gasteiger partial charge < -0.3 is 66.5 Å². The zero-order chi connectivity index (χ0) is 60.7. The fraction of sp³-hybridized carbons (Fsp3) is 0.574. The Hall–Kier alpha value is -4.87. The summed E-state index contributed by atoms with van der Waals surface area (Å²) in [5, 5.41) is 7.19. The minimum absolute atomic E-state index is 0.00987. The molecule has 6 rings (SSSR count). The van der Waals surface area contributed by atoms with Crippen molar-refractivity contribution in [2.24, 2.45) is 5.92 Å². The van der Waals surface area contributed by atoms with Gasteiger partial charge >= 0.3 is 0 Å². The van der Waals surface area contributed by atoms with Crippen LogP contribution in [-0.4, -0.2) is 207 Å². The minimum atomic E-state index is -4.36. The van der Waals surface area contributed by atoms with Gasteiger partial charge in [0.15, 0.2) is 0 Å². The molecule has 0 aliphatic carbocycles. The molecule has 2 aromatic heterocycles. The topological polar surface area (TPSA) is 225 Å². The molecule has 1 aliphatic heterocycles. The molecule has 25 heteroatoms. The predicted molar refractivity (Wildman–Crippen MR) is 324 cm³/mol. The fourth-order valence-electron chi connectivity index (χ4n) is 8.90. The molecular weight excluding hydrogens is 1180 g/mol. The van der Waals surface area contributed by atoms with Gasteiger partial charge in [-0.3, -0.25) is 14.5 Å². The number of nitrogens with zero attached hydrogens (tertiary/aromatic N) is 4. The molecule has 0 atom stereocenters. The van der Waals surface area contributed by atoms with Crippen molar-refractivity contribution in [2.75, 3.05) is 177 Å². The zero-order valence-electron chi connectivity index (χ0n) is 49.6. The normalized spacial score (nSPS) is 13.0. The number of carbonyl (C=O) groups excluding carboxylic acids is 1. The Labute approximate surface area is 514 Å². The Morgan fingerprint density at radius 1 is 0.640 bits per heavy atom. The summed E-state index contributed by atoms with van der Waals surface area (Å²) in [7, 11) is -2.72. The van der Waals surface area contributed by atoms with Crippen molar-refractivity contribution in [2.45, 2.75) is 56.8 Å². The maximum atomic E-state index is 15.5. The number of unbranched alkanes of at least 4 members (excludes halogenated alkanes) is 1. The van der Waals surface area contributed by atoms with Crippen LogP contribution >= 0.6 is 22.9 Å². The van der Waals surface area contributed by atoms with E-state index in [0.29, 0.717) is 170 Å². The highest BCUT2D eigenvalue weighted by molar-refractivity contribution is 7.93. The number of benzene rings is 3. The molecule has 0 unspecified atom stereocenters. The molecule has 476 valence electrons. The molecule has 3 heterocycles. The van der Waals surface area contributed by atoms with E-state index in [4.69, 9.17) is 78.2 Å². The van der Waals surface area contributed by atoms with E-state index in [1.165, 1.54) is 5.51 Å². The summed E-state index contributed by atoms with van der Waals surface area (Å²) in [6, 6.07) is 19.8. The van der Waals surface area contributed by atoms with Gasteiger partial charge in [-0.1, -0.05) is 71.7 Å². The molecule has 0 saturated carbocycles. The van der Waals surface area contributed by atoms with Crippen LogP contribution in [0.25, 0.3) is 22.3 Å². The van der Waals surface area contributed by atoms with Crippen LogP contribution in [0.4, 0.5) is 9.52 Å². The van der Waals surface area contributed by atoms with Crippen LogP contribution in [0.15, 0.2) is 83.3 Å². The molecule has 0 bridgehead atoms. The smallest absolute Gasteiger partial charge is 0.266 e. The number of amides is 1. The lowest BCUT2D eigenvalue weighted by molar-refractivity contribution is -0.133. The van der Waals surface area contributed by atoms with Gasteiger partial charge in [-0.15, -0.1) is 10.2 Å². The van der Waals surface area contributed by atoms with Gasteiger partial charge in [-0.2, -0.15) is 0 Å². The second kappa shape index (κ2) is 42.1. The zero-order valence-corrected chi connectivity index (χ0v) is 52.0. The van der Waals surface area contributed by atoms with Gasteiger partial charge in [0.1, 0.15) is 27.7 Å². The van der Waals surface area contributed by atoms with E-state index < -0.39 is 20.7 Å². The fourth-order valence-corrected chi connectivity index (χ4v) is 10.9. The second-order valence-electron chi connectivity index (χ2n) is 19.8. The number of ether oxygens (including phenoxy) is 13. The number of methoxy groups -OCH3 is 1. The van der Waals surface area contributed by atoms with Crippen LogP contribution in [0, 0.1) is 18.7 Å². The third-order valence-corrected chi connectivity index (χ3v) is 15.8. The maximum absolute atomic E-state index is 15.5. The highest BCUT2D eigenvalue weighted by Crippen LogP contribution is 2.41. The first-order chi connectivity index (χ1) is 42.1. The lowest BCUT2D eigenvalue weighted by atomic mass is 9.91. The van der Waals surface area contributed by atoms with E-state index in [9.17, 15) is 13.2 Å². The quantitative estimate of drug-likeness (QED) is 0.0358. The van der Waals surface area contributed by atoms with Crippen LogP contribution in [0.2, 0.25) is 5.02 Å². The molecule has 1 N–H and O–H groups in total. The number of piperidine rings is 1. The summed E-state index contributed by atoms with van der Waals surface area (Å²) >= 11 is 7.54. The highest BCUT2D eigenvalue weighted by atomic mass is 35.5. The third kappa shape index (κ3) is 27.7. The molecule has 1 fully saturated rings. The van der Waals surface area contributed by atoms with Crippen molar-refractivity contribution in [1.82, 2.24) is 20.1 Å². The van der Waals surface area contributed by atoms with Gasteiger partial charge in [0.05, 0.1) is 163 Å². The predicted octanol–water partition coefficient (Wildman–Crippen LogP) is 9.13. The monoisotopic (exact) mass is 1260 g/mol. The second-order valence-corrected chi connectivity index (χ2v) is 22.7. The average Bonchev–Trinajstić information content (AvgIpc) is 1.54. The molecule has 86 heavy (non-hydrogen) atoms. The summed E-state index contributed by atoms with van der Waals surface area (Å²) in [4.78, 5) is 19.0. The Morgan fingerprint density at radius 3 is 1.70 bits per heavy atom. The van der Waals surface area contributed by atoms with Crippen molar-refractivity contribution >= 4 is 44.0 Å².